The number of nitrogens with zero attached hydrogens (tertiary/aromatic N) is 3. The molecule has 37 heavy (non-hydrogen) atoms. The van der Waals surface area contributed by atoms with Crippen LogP contribution in [0.2, 0.25) is 0 Å². The summed E-state index contributed by atoms with van der Waals surface area (Å²) in [4.78, 5) is 25.2. The third-order valence-electron chi connectivity index (χ3n) is 6.39. The molecule has 1 N–H and O–H groups in total. The highest BCUT2D eigenvalue weighted by Gasteiger charge is 2.21. The van der Waals surface area contributed by atoms with Crippen LogP contribution in [-0.4, -0.2) is 41.4 Å². The lowest BCUT2D eigenvalue weighted by molar-refractivity contribution is 0.0950. The summed E-state index contributed by atoms with van der Waals surface area (Å²) in [6.45, 7) is 3.01. The average Bonchev–Trinajstić information content (AvgIpc) is 3.21. The molecule has 0 fully saturated rings. The Morgan fingerprint density at radius 1 is 0.973 bits per heavy atom. The summed E-state index contributed by atoms with van der Waals surface area (Å²) in [5, 5.41) is 3.02. The number of nitrogens with one attached hydrogen (secondary N) is 1. The fourth-order valence-electron chi connectivity index (χ4n) is 4.52. The number of carbonyl (C=O) groups excluding carboxylic acids is 1. The number of hydrogen-bond donors (Lipinski definition) is 1. The van der Waals surface area contributed by atoms with Crippen LogP contribution in [0.25, 0.3) is 11.1 Å². The molecule has 1 amide bonds. The van der Waals surface area contributed by atoms with Gasteiger partial charge in [0, 0.05) is 34.3 Å². The number of ether oxygens (including phenoxy) is 2. The van der Waals surface area contributed by atoms with Crippen LogP contribution in [0.5, 0.6) is 5.75 Å². The number of rotatable bonds is 5. The molecule has 0 saturated heterocycles. The second kappa shape index (κ2) is 10.6. The Morgan fingerprint density at radius 3 is 2.89 bits per heavy atom. The Labute approximate surface area is 219 Å². The highest BCUT2D eigenvalue weighted by atomic mass is 32.2. The SMILES string of the molecule is O=C(NCc1cc(-c2cccc(N3CCOc4cccnc43)c2)ccn1)c1ccc2c(c1)SCCOC2. The molecule has 2 aliphatic heterocycles. The Balaban J connectivity index is 1.17. The van der Waals surface area contributed by atoms with Crippen molar-refractivity contribution >= 4 is 29.2 Å². The molecular formula is C29H26N4O3S. The van der Waals surface area contributed by atoms with Gasteiger partial charge in [0.1, 0.15) is 6.61 Å². The highest BCUT2D eigenvalue weighted by molar-refractivity contribution is 7.99. The van der Waals surface area contributed by atoms with Crippen LogP contribution in [0.4, 0.5) is 11.5 Å². The molecule has 2 aromatic carbocycles. The van der Waals surface area contributed by atoms with Crippen molar-refractivity contribution in [3.63, 3.8) is 0 Å². The highest BCUT2D eigenvalue weighted by Crippen LogP contribution is 2.36. The number of aromatic nitrogens is 2. The molecule has 2 aromatic heterocycles. The van der Waals surface area contributed by atoms with Gasteiger partial charge in [-0.15, -0.1) is 11.8 Å². The van der Waals surface area contributed by atoms with Gasteiger partial charge in [-0.1, -0.05) is 18.2 Å². The zero-order valence-electron chi connectivity index (χ0n) is 20.2. The zero-order valence-corrected chi connectivity index (χ0v) is 21.0. The molecule has 7 nitrogen and oxygen atoms in total. The van der Waals surface area contributed by atoms with E-state index in [4.69, 9.17) is 9.47 Å². The minimum absolute atomic E-state index is 0.110. The Morgan fingerprint density at radius 2 is 1.92 bits per heavy atom. The van der Waals surface area contributed by atoms with Gasteiger partial charge in [0.2, 0.25) is 0 Å². The normalized spacial score (nSPS) is 14.6. The van der Waals surface area contributed by atoms with Gasteiger partial charge in [0.15, 0.2) is 11.6 Å². The van der Waals surface area contributed by atoms with Gasteiger partial charge in [-0.3, -0.25) is 9.78 Å². The molecule has 0 bridgehead atoms. The molecule has 0 spiro atoms. The molecule has 2 aliphatic rings. The first-order chi connectivity index (χ1) is 18.2. The summed E-state index contributed by atoms with van der Waals surface area (Å²) in [6, 6.07) is 22.0. The van der Waals surface area contributed by atoms with Crippen LogP contribution >= 0.6 is 11.8 Å². The van der Waals surface area contributed by atoms with Crippen LogP contribution in [0.15, 0.2) is 84.0 Å². The second-order valence-electron chi connectivity index (χ2n) is 8.82. The first kappa shape index (κ1) is 23.5. The molecule has 4 heterocycles. The van der Waals surface area contributed by atoms with E-state index in [0.29, 0.717) is 25.3 Å². The Kier molecular flexibility index (Phi) is 6.75. The molecule has 0 aliphatic carbocycles. The van der Waals surface area contributed by atoms with Crippen molar-refractivity contribution in [2.75, 3.05) is 30.4 Å². The summed E-state index contributed by atoms with van der Waals surface area (Å²) in [6.07, 6.45) is 3.57. The molecule has 0 radical (unpaired) electrons. The summed E-state index contributed by atoms with van der Waals surface area (Å²) in [5.41, 5.74) is 5.74. The Hall–Kier alpha value is -3.88. The van der Waals surface area contributed by atoms with E-state index in [2.05, 4.69) is 38.4 Å². The van der Waals surface area contributed by atoms with Gasteiger partial charge in [0.05, 0.1) is 32.0 Å². The van der Waals surface area contributed by atoms with Crippen LogP contribution in [0.1, 0.15) is 21.6 Å². The van der Waals surface area contributed by atoms with Crippen molar-refractivity contribution in [1.82, 2.24) is 15.3 Å². The Bertz CT molecular complexity index is 1440. The summed E-state index contributed by atoms with van der Waals surface area (Å²) >= 11 is 1.73. The average molecular weight is 511 g/mol. The smallest absolute Gasteiger partial charge is 0.251 e. The first-order valence-electron chi connectivity index (χ1n) is 12.3. The largest absolute Gasteiger partial charge is 0.488 e. The molecule has 186 valence electrons. The van der Waals surface area contributed by atoms with Gasteiger partial charge < -0.3 is 19.7 Å². The fraction of sp³-hybridized carbons (Fsp3) is 0.207. The van der Waals surface area contributed by atoms with E-state index < -0.39 is 0 Å². The van der Waals surface area contributed by atoms with Gasteiger partial charge in [0.25, 0.3) is 5.91 Å². The number of hydrogen-bond acceptors (Lipinski definition) is 7. The second-order valence-corrected chi connectivity index (χ2v) is 9.95. The molecule has 8 heteroatoms. The van der Waals surface area contributed by atoms with Crippen molar-refractivity contribution in [2.45, 2.75) is 18.0 Å². The minimum atomic E-state index is -0.110. The van der Waals surface area contributed by atoms with Crippen LogP contribution in [-0.2, 0) is 17.9 Å². The van der Waals surface area contributed by atoms with E-state index in [-0.39, 0.29) is 5.91 Å². The lowest BCUT2D eigenvalue weighted by atomic mass is 10.0. The molecule has 4 aromatic rings. The van der Waals surface area contributed by atoms with Crippen LogP contribution in [0, 0.1) is 0 Å². The lowest BCUT2D eigenvalue weighted by Crippen LogP contribution is -2.29. The minimum Gasteiger partial charge on any atom is -0.488 e. The number of carbonyl (C=O) groups is 1. The molecule has 6 rings (SSSR count). The van der Waals surface area contributed by atoms with Crippen molar-refractivity contribution in [3.8, 4) is 16.9 Å². The number of pyridine rings is 2. The van der Waals surface area contributed by atoms with Gasteiger partial charge in [-0.25, -0.2) is 4.98 Å². The molecule has 0 saturated carbocycles. The van der Waals surface area contributed by atoms with E-state index in [1.165, 1.54) is 0 Å². The maximum atomic E-state index is 12.9. The molecule has 0 atom stereocenters. The van der Waals surface area contributed by atoms with E-state index in [9.17, 15) is 4.79 Å². The van der Waals surface area contributed by atoms with Gasteiger partial charge in [-0.05, 0) is 65.2 Å². The van der Waals surface area contributed by atoms with E-state index in [1.54, 1.807) is 24.2 Å². The number of amides is 1. The molecule has 0 unspecified atom stereocenters. The summed E-state index contributed by atoms with van der Waals surface area (Å²) < 4.78 is 11.4. The number of fused-ring (bicyclic) bond motifs is 2. The standard InChI is InChI=1S/C29H26N4O3S/c34-29(22-6-7-23-19-35-13-14-37-27(23)17-22)32-18-24-15-21(8-10-30-24)20-3-1-4-25(16-20)33-11-12-36-26-5-2-9-31-28(26)33/h1-10,15-17H,11-14,18-19H2,(H,32,34). The quantitative estimate of drug-likeness (QED) is 0.394. The zero-order chi connectivity index (χ0) is 25.0. The van der Waals surface area contributed by atoms with Gasteiger partial charge in [-0.2, -0.15) is 0 Å². The first-order valence-corrected chi connectivity index (χ1v) is 13.3. The predicted octanol–water partition coefficient (Wildman–Crippen LogP) is 5.23. The maximum absolute atomic E-state index is 12.9. The topological polar surface area (TPSA) is 76.6 Å². The van der Waals surface area contributed by atoms with Crippen LogP contribution < -0.4 is 15.0 Å². The van der Waals surface area contributed by atoms with E-state index >= 15 is 0 Å². The number of thioether (sulfide) groups is 1. The third-order valence-corrected chi connectivity index (χ3v) is 7.45. The number of anilines is 2. The fourth-order valence-corrected chi connectivity index (χ4v) is 5.47. The van der Waals surface area contributed by atoms with Crippen molar-refractivity contribution < 1.29 is 14.3 Å². The maximum Gasteiger partial charge on any atom is 0.251 e. The van der Waals surface area contributed by atoms with Crippen molar-refractivity contribution in [1.29, 1.82) is 0 Å². The summed E-state index contributed by atoms with van der Waals surface area (Å²) in [5.74, 6) is 2.40. The van der Waals surface area contributed by atoms with Gasteiger partial charge >= 0.3 is 0 Å². The van der Waals surface area contributed by atoms with E-state index in [1.807, 2.05) is 48.5 Å². The molecular weight excluding hydrogens is 484 g/mol. The summed E-state index contributed by atoms with van der Waals surface area (Å²) in [7, 11) is 0. The third kappa shape index (κ3) is 5.16. The predicted molar refractivity (Wildman–Crippen MR) is 144 cm³/mol. The lowest BCUT2D eigenvalue weighted by Gasteiger charge is -2.30. The monoisotopic (exact) mass is 510 g/mol. The van der Waals surface area contributed by atoms with E-state index in [0.717, 1.165) is 63.4 Å². The number of benzene rings is 2. The van der Waals surface area contributed by atoms with Crippen molar-refractivity contribution in [3.05, 3.63) is 95.9 Å². The van der Waals surface area contributed by atoms with Crippen LogP contribution in [0.3, 0.4) is 0 Å². The van der Waals surface area contributed by atoms with Crippen molar-refractivity contribution in [2.24, 2.45) is 0 Å².